The maximum atomic E-state index is 5.93. The second kappa shape index (κ2) is 4.53. The Morgan fingerprint density at radius 3 is 2.65 bits per heavy atom. The Balaban J connectivity index is 1.76. The Hall–Kier alpha value is -2.00. The molecule has 4 rings (SSSR count). The molecule has 3 nitrogen and oxygen atoms in total. The van der Waals surface area contributed by atoms with E-state index in [9.17, 15) is 0 Å². The number of benzene rings is 2. The minimum absolute atomic E-state index is 0.325. The second-order valence-electron chi connectivity index (χ2n) is 5.46. The molecule has 1 heterocycles. The largest absolute Gasteiger partial charge is 0.454 e. The van der Waals surface area contributed by atoms with Crippen molar-refractivity contribution < 1.29 is 9.47 Å². The highest BCUT2D eigenvalue weighted by Crippen LogP contribution is 2.46. The smallest absolute Gasteiger partial charge is 0.231 e. The Bertz CT molecular complexity index is 653. The number of hydrogen-bond donors (Lipinski definition) is 1. The molecule has 1 aliphatic carbocycles. The van der Waals surface area contributed by atoms with E-state index in [4.69, 9.17) is 15.2 Å². The second-order valence-corrected chi connectivity index (χ2v) is 5.46. The van der Waals surface area contributed by atoms with Gasteiger partial charge in [-0.2, -0.15) is 0 Å². The van der Waals surface area contributed by atoms with Gasteiger partial charge < -0.3 is 15.2 Å². The highest BCUT2D eigenvalue weighted by molar-refractivity contribution is 5.50. The monoisotopic (exact) mass is 267 g/mol. The summed E-state index contributed by atoms with van der Waals surface area (Å²) < 4.78 is 10.9. The molecule has 2 aliphatic rings. The molecule has 2 N–H and O–H groups in total. The summed E-state index contributed by atoms with van der Waals surface area (Å²) in [6.07, 6.45) is 1.08. The van der Waals surface area contributed by atoms with Gasteiger partial charge in [-0.3, -0.25) is 0 Å². The van der Waals surface area contributed by atoms with E-state index >= 15 is 0 Å². The Morgan fingerprint density at radius 1 is 1.00 bits per heavy atom. The maximum Gasteiger partial charge on any atom is 0.231 e. The third kappa shape index (κ3) is 1.70. The molecule has 0 bridgehead atoms. The third-order valence-corrected chi connectivity index (χ3v) is 4.41. The molecule has 2 aromatic rings. The molecule has 0 unspecified atom stereocenters. The lowest BCUT2D eigenvalue weighted by molar-refractivity contribution is 0.174. The molecule has 0 spiro atoms. The lowest BCUT2D eigenvalue weighted by Crippen LogP contribution is -2.09. The molecule has 0 fully saturated rings. The first-order valence-electron chi connectivity index (χ1n) is 7.05. The molecular formula is C17H17NO2. The summed E-state index contributed by atoms with van der Waals surface area (Å²) >= 11 is 0. The molecule has 1 aliphatic heterocycles. The van der Waals surface area contributed by atoms with Crippen LogP contribution in [0.5, 0.6) is 11.5 Å². The number of nitrogens with two attached hydrogens (primary N) is 1. The highest BCUT2D eigenvalue weighted by atomic mass is 16.7. The van der Waals surface area contributed by atoms with Crippen LogP contribution in [0.2, 0.25) is 0 Å². The molecule has 2 atom stereocenters. The van der Waals surface area contributed by atoms with Gasteiger partial charge in [-0.05, 0) is 47.7 Å². The quantitative estimate of drug-likeness (QED) is 0.909. The first-order chi connectivity index (χ1) is 9.86. The van der Waals surface area contributed by atoms with Crippen molar-refractivity contribution in [3.8, 4) is 11.5 Å². The summed E-state index contributed by atoms with van der Waals surface area (Å²) in [4.78, 5) is 0. The molecule has 2 aromatic carbocycles. The highest BCUT2D eigenvalue weighted by Gasteiger charge is 2.31. The van der Waals surface area contributed by atoms with Gasteiger partial charge in [0.25, 0.3) is 0 Å². The van der Waals surface area contributed by atoms with Gasteiger partial charge in [0, 0.05) is 5.92 Å². The Kier molecular flexibility index (Phi) is 2.67. The Morgan fingerprint density at radius 2 is 1.80 bits per heavy atom. The zero-order valence-corrected chi connectivity index (χ0v) is 11.2. The van der Waals surface area contributed by atoms with Crippen molar-refractivity contribution in [1.29, 1.82) is 0 Å². The Labute approximate surface area is 118 Å². The van der Waals surface area contributed by atoms with Crippen LogP contribution in [0.25, 0.3) is 0 Å². The molecule has 0 saturated heterocycles. The average Bonchev–Trinajstić information content (AvgIpc) is 3.10. The van der Waals surface area contributed by atoms with Gasteiger partial charge in [-0.1, -0.05) is 30.3 Å². The van der Waals surface area contributed by atoms with Gasteiger partial charge in [0.1, 0.15) is 0 Å². The first-order valence-corrected chi connectivity index (χ1v) is 7.05. The van der Waals surface area contributed by atoms with Crippen molar-refractivity contribution in [1.82, 2.24) is 0 Å². The fourth-order valence-corrected chi connectivity index (χ4v) is 3.41. The fraction of sp³-hybridized carbons (Fsp3) is 0.294. The summed E-state index contributed by atoms with van der Waals surface area (Å²) in [6.45, 7) is 1.03. The van der Waals surface area contributed by atoms with Crippen LogP contribution in [-0.2, 0) is 0 Å². The SMILES string of the molecule is NC[C@@H]1C[C@H](c2ccc3c(c2)OCO3)c2ccccc21. The van der Waals surface area contributed by atoms with Crippen molar-refractivity contribution in [3.05, 3.63) is 59.2 Å². The van der Waals surface area contributed by atoms with Crippen molar-refractivity contribution in [3.63, 3.8) is 0 Å². The standard InChI is InChI=1S/C17H17NO2/c18-9-12-7-15(14-4-2-1-3-13(12)14)11-5-6-16-17(8-11)20-10-19-16/h1-6,8,12,15H,7,9-10,18H2/t12-,15+/m0/s1. The maximum absolute atomic E-state index is 5.93. The number of ether oxygens (including phenoxy) is 2. The van der Waals surface area contributed by atoms with Gasteiger partial charge >= 0.3 is 0 Å². The number of rotatable bonds is 2. The molecule has 20 heavy (non-hydrogen) atoms. The van der Waals surface area contributed by atoms with Gasteiger partial charge in [-0.15, -0.1) is 0 Å². The van der Waals surface area contributed by atoms with Gasteiger partial charge in [0.15, 0.2) is 11.5 Å². The number of hydrogen-bond acceptors (Lipinski definition) is 3. The van der Waals surface area contributed by atoms with E-state index in [-0.39, 0.29) is 0 Å². The van der Waals surface area contributed by atoms with Crippen LogP contribution >= 0.6 is 0 Å². The summed E-state index contributed by atoms with van der Waals surface area (Å²) in [6, 6.07) is 14.9. The van der Waals surface area contributed by atoms with Crippen LogP contribution in [0, 0.1) is 0 Å². The van der Waals surface area contributed by atoms with E-state index < -0.39 is 0 Å². The third-order valence-electron chi connectivity index (χ3n) is 4.41. The predicted octanol–water partition coefficient (Wildman–Crippen LogP) is 2.99. The van der Waals surface area contributed by atoms with E-state index in [2.05, 4.69) is 36.4 Å². The molecule has 102 valence electrons. The normalized spacial score (nSPS) is 22.9. The minimum Gasteiger partial charge on any atom is -0.454 e. The predicted molar refractivity (Wildman–Crippen MR) is 77.3 cm³/mol. The van der Waals surface area contributed by atoms with E-state index in [1.807, 2.05) is 6.07 Å². The topological polar surface area (TPSA) is 44.5 Å². The van der Waals surface area contributed by atoms with Gasteiger partial charge in [0.2, 0.25) is 6.79 Å². The van der Waals surface area contributed by atoms with Crippen LogP contribution < -0.4 is 15.2 Å². The van der Waals surface area contributed by atoms with Gasteiger partial charge in [-0.25, -0.2) is 0 Å². The van der Waals surface area contributed by atoms with Crippen molar-refractivity contribution in [2.45, 2.75) is 18.3 Å². The molecule has 0 amide bonds. The minimum atomic E-state index is 0.325. The summed E-state index contributed by atoms with van der Waals surface area (Å²) in [7, 11) is 0. The zero-order valence-electron chi connectivity index (χ0n) is 11.2. The van der Waals surface area contributed by atoms with Crippen molar-refractivity contribution in [2.75, 3.05) is 13.3 Å². The number of fused-ring (bicyclic) bond motifs is 2. The van der Waals surface area contributed by atoms with Crippen LogP contribution in [0.4, 0.5) is 0 Å². The fourth-order valence-electron chi connectivity index (χ4n) is 3.41. The van der Waals surface area contributed by atoms with Crippen LogP contribution in [0.3, 0.4) is 0 Å². The molecule has 0 saturated carbocycles. The molecular weight excluding hydrogens is 250 g/mol. The van der Waals surface area contributed by atoms with Crippen LogP contribution in [-0.4, -0.2) is 13.3 Å². The van der Waals surface area contributed by atoms with E-state index in [1.54, 1.807) is 0 Å². The molecule has 3 heteroatoms. The van der Waals surface area contributed by atoms with Gasteiger partial charge in [0.05, 0.1) is 0 Å². The zero-order chi connectivity index (χ0) is 13.5. The average molecular weight is 267 g/mol. The van der Waals surface area contributed by atoms with E-state index in [0.29, 0.717) is 25.2 Å². The molecule has 0 radical (unpaired) electrons. The van der Waals surface area contributed by atoms with Crippen LogP contribution in [0.15, 0.2) is 42.5 Å². The summed E-state index contributed by atoms with van der Waals surface area (Å²) in [5, 5.41) is 0. The first kappa shape index (κ1) is 11.8. The van der Waals surface area contributed by atoms with E-state index in [0.717, 1.165) is 17.9 Å². The molecule has 0 aromatic heterocycles. The van der Waals surface area contributed by atoms with Crippen molar-refractivity contribution >= 4 is 0 Å². The lowest BCUT2D eigenvalue weighted by Gasteiger charge is -2.13. The van der Waals surface area contributed by atoms with Crippen molar-refractivity contribution in [2.24, 2.45) is 5.73 Å². The van der Waals surface area contributed by atoms with E-state index in [1.165, 1.54) is 16.7 Å². The van der Waals surface area contributed by atoms with Crippen LogP contribution in [0.1, 0.15) is 34.9 Å². The lowest BCUT2D eigenvalue weighted by atomic mass is 9.92. The summed E-state index contributed by atoms with van der Waals surface area (Å²) in [5.41, 5.74) is 10.0. The summed E-state index contributed by atoms with van der Waals surface area (Å²) in [5.74, 6) is 2.57.